The first-order valence-corrected chi connectivity index (χ1v) is 7.46. The molecule has 0 saturated heterocycles. The summed E-state index contributed by atoms with van der Waals surface area (Å²) in [7, 11) is 0. The van der Waals surface area contributed by atoms with Gasteiger partial charge in [-0.05, 0) is 50.3 Å². The second-order valence-corrected chi connectivity index (χ2v) is 6.46. The SMILES string of the molecule is CCCNC1CCCC1Cc1ccc(Cl)s1. The zero-order valence-corrected chi connectivity index (χ0v) is 11.4. The van der Waals surface area contributed by atoms with E-state index in [-0.39, 0.29) is 0 Å². The number of hydrogen-bond acceptors (Lipinski definition) is 2. The molecule has 0 amide bonds. The fourth-order valence-corrected chi connectivity index (χ4v) is 3.78. The first kappa shape index (κ1) is 12.4. The third-order valence-corrected chi connectivity index (χ3v) is 4.66. The molecule has 2 atom stereocenters. The van der Waals surface area contributed by atoms with Crippen molar-refractivity contribution in [3.8, 4) is 0 Å². The van der Waals surface area contributed by atoms with Gasteiger partial charge in [-0.2, -0.15) is 0 Å². The first-order valence-electron chi connectivity index (χ1n) is 6.27. The molecule has 1 aromatic rings. The van der Waals surface area contributed by atoms with E-state index in [9.17, 15) is 0 Å². The maximum Gasteiger partial charge on any atom is 0.0931 e. The van der Waals surface area contributed by atoms with Crippen LogP contribution in [0.2, 0.25) is 4.34 Å². The van der Waals surface area contributed by atoms with E-state index in [4.69, 9.17) is 11.6 Å². The van der Waals surface area contributed by atoms with E-state index in [1.807, 2.05) is 6.07 Å². The highest BCUT2D eigenvalue weighted by Gasteiger charge is 2.26. The van der Waals surface area contributed by atoms with Crippen LogP contribution in [0.1, 0.15) is 37.5 Å². The van der Waals surface area contributed by atoms with Crippen LogP contribution in [0.5, 0.6) is 0 Å². The Morgan fingerprint density at radius 2 is 2.31 bits per heavy atom. The van der Waals surface area contributed by atoms with Crippen molar-refractivity contribution in [3.05, 3.63) is 21.3 Å². The third-order valence-electron chi connectivity index (χ3n) is 3.41. The van der Waals surface area contributed by atoms with Crippen LogP contribution in [-0.2, 0) is 6.42 Å². The van der Waals surface area contributed by atoms with Gasteiger partial charge < -0.3 is 5.32 Å². The molecule has 1 aliphatic carbocycles. The van der Waals surface area contributed by atoms with Crippen LogP contribution in [0.25, 0.3) is 0 Å². The molecule has 1 saturated carbocycles. The van der Waals surface area contributed by atoms with Crippen LogP contribution >= 0.6 is 22.9 Å². The van der Waals surface area contributed by atoms with Gasteiger partial charge in [0.1, 0.15) is 0 Å². The number of hydrogen-bond donors (Lipinski definition) is 1. The lowest BCUT2D eigenvalue weighted by molar-refractivity contribution is 0.401. The minimum absolute atomic E-state index is 0.737. The Balaban J connectivity index is 1.88. The van der Waals surface area contributed by atoms with Crippen LogP contribution in [0, 0.1) is 5.92 Å². The van der Waals surface area contributed by atoms with Crippen molar-refractivity contribution >= 4 is 22.9 Å². The summed E-state index contributed by atoms with van der Waals surface area (Å²) in [5.41, 5.74) is 0. The van der Waals surface area contributed by atoms with Crippen molar-refractivity contribution in [2.75, 3.05) is 6.54 Å². The van der Waals surface area contributed by atoms with Gasteiger partial charge in [0.05, 0.1) is 4.34 Å². The molecule has 1 N–H and O–H groups in total. The van der Waals surface area contributed by atoms with Crippen molar-refractivity contribution in [2.45, 2.75) is 45.1 Å². The Bertz CT molecular complexity index is 323. The summed E-state index contributed by atoms with van der Waals surface area (Å²) in [4.78, 5) is 1.44. The van der Waals surface area contributed by atoms with Crippen molar-refractivity contribution in [1.29, 1.82) is 0 Å². The number of halogens is 1. The summed E-state index contributed by atoms with van der Waals surface area (Å²) in [6.07, 6.45) is 6.54. The van der Waals surface area contributed by atoms with E-state index in [0.717, 1.165) is 22.8 Å². The average molecular weight is 258 g/mol. The number of thiophene rings is 1. The van der Waals surface area contributed by atoms with E-state index in [1.54, 1.807) is 11.3 Å². The minimum atomic E-state index is 0.737. The topological polar surface area (TPSA) is 12.0 Å². The number of nitrogens with one attached hydrogen (secondary N) is 1. The van der Waals surface area contributed by atoms with Crippen LogP contribution in [-0.4, -0.2) is 12.6 Å². The summed E-state index contributed by atoms with van der Waals surface area (Å²) >= 11 is 7.71. The summed E-state index contributed by atoms with van der Waals surface area (Å²) in [6, 6.07) is 4.94. The van der Waals surface area contributed by atoms with Crippen LogP contribution in [0.3, 0.4) is 0 Å². The molecule has 1 heterocycles. The van der Waals surface area contributed by atoms with Gasteiger partial charge in [-0.15, -0.1) is 11.3 Å². The van der Waals surface area contributed by atoms with E-state index < -0.39 is 0 Å². The molecule has 2 rings (SSSR count). The molecule has 90 valence electrons. The molecule has 1 fully saturated rings. The highest BCUT2D eigenvalue weighted by molar-refractivity contribution is 7.16. The van der Waals surface area contributed by atoms with Gasteiger partial charge in [-0.25, -0.2) is 0 Å². The van der Waals surface area contributed by atoms with Crippen molar-refractivity contribution in [3.63, 3.8) is 0 Å². The fourth-order valence-electron chi connectivity index (χ4n) is 2.60. The Morgan fingerprint density at radius 1 is 1.44 bits per heavy atom. The largest absolute Gasteiger partial charge is 0.314 e. The Hall–Kier alpha value is -0.0500. The molecular formula is C13H20ClNS. The fraction of sp³-hybridized carbons (Fsp3) is 0.692. The second kappa shape index (κ2) is 6.04. The number of rotatable bonds is 5. The normalized spacial score (nSPS) is 25.1. The Labute approximate surface area is 107 Å². The monoisotopic (exact) mass is 257 g/mol. The molecule has 1 aliphatic rings. The third kappa shape index (κ3) is 3.22. The molecule has 1 aromatic heterocycles. The Morgan fingerprint density at radius 3 is 3.00 bits per heavy atom. The van der Waals surface area contributed by atoms with Gasteiger partial charge in [0.25, 0.3) is 0 Å². The van der Waals surface area contributed by atoms with E-state index in [2.05, 4.69) is 18.3 Å². The second-order valence-electron chi connectivity index (χ2n) is 4.66. The van der Waals surface area contributed by atoms with Crippen LogP contribution < -0.4 is 5.32 Å². The lowest BCUT2D eigenvalue weighted by Crippen LogP contribution is -2.33. The van der Waals surface area contributed by atoms with Gasteiger partial charge in [0.2, 0.25) is 0 Å². The molecule has 0 radical (unpaired) electrons. The van der Waals surface area contributed by atoms with Crippen LogP contribution in [0.15, 0.2) is 12.1 Å². The molecule has 16 heavy (non-hydrogen) atoms. The maximum atomic E-state index is 5.97. The standard InChI is InChI=1S/C13H20ClNS/c1-2-8-15-12-5-3-4-10(12)9-11-6-7-13(14)16-11/h6-7,10,12,15H,2-5,8-9H2,1H3. The lowest BCUT2D eigenvalue weighted by Gasteiger charge is -2.20. The van der Waals surface area contributed by atoms with E-state index >= 15 is 0 Å². The zero-order chi connectivity index (χ0) is 11.4. The zero-order valence-electron chi connectivity index (χ0n) is 9.84. The molecule has 3 heteroatoms. The summed E-state index contributed by atoms with van der Waals surface area (Å²) < 4.78 is 0.922. The van der Waals surface area contributed by atoms with Gasteiger partial charge >= 0.3 is 0 Å². The van der Waals surface area contributed by atoms with Gasteiger partial charge in [0.15, 0.2) is 0 Å². The highest BCUT2D eigenvalue weighted by atomic mass is 35.5. The quantitative estimate of drug-likeness (QED) is 0.837. The molecule has 0 spiro atoms. The van der Waals surface area contributed by atoms with Crippen LogP contribution in [0.4, 0.5) is 0 Å². The average Bonchev–Trinajstić information content (AvgIpc) is 2.86. The minimum Gasteiger partial charge on any atom is -0.314 e. The highest BCUT2D eigenvalue weighted by Crippen LogP contribution is 2.32. The predicted octanol–water partition coefficient (Wildman–Crippen LogP) is 4.11. The Kier molecular flexibility index (Phi) is 4.68. The summed E-state index contributed by atoms with van der Waals surface area (Å²) in [5.74, 6) is 0.821. The maximum absolute atomic E-state index is 5.97. The van der Waals surface area contributed by atoms with Crippen molar-refractivity contribution in [2.24, 2.45) is 5.92 Å². The molecule has 0 bridgehead atoms. The molecule has 1 nitrogen and oxygen atoms in total. The predicted molar refractivity (Wildman–Crippen MR) is 72.5 cm³/mol. The first-order chi connectivity index (χ1) is 7.79. The van der Waals surface area contributed by atoms with Crippen molar-refractivity contribution < 1.29 is 0 Å². The van der Waals surface area contributed by atoms with E-state index in [1.165, 1.54) is 37.0 Å². The van der Waals surface area contributed by atoms with E-state index in [0.29, 0.717) is 0 Å². The van der Waals surface area contributed by atoms with Gasteiger partial charge in [0, 0.05) is 10.9 Å². The molecule has 0 aliphatic heterocycles. The van der Waals surface area contributed by atoms with Crippen molar-refractivity contribution in [1.82, 2.24) is 5.32 Å². The molecule has 0 aromatic carbocycles. The molecule has 2 unspecified atom stereocenters. The summed E-state index contributed by atoms with van der Waals surface area (Å²) in [5, 5.41) is 3.68. The smallest absolute Gasteiger partial charge is 0.0931 e. The molecular weight excluding hydrogens is 238 g/mol. The lowest BCUT2D eigenvalue weighted by atomic mass is 9.98. The van der Waals surface area contributed by atoms with Gasteiger partial charge in [-0.3, -0.25) is 0 Å². The van der Waals surface area contributed by atoms with Gasteiger partial charge in [-0.1, -0.05) is 24.9 Å². The summed E-state index contributed by atoms with van der Waals surface area (Å²) in [6.45, 7) is 3.39.